The third kappa shape index (κ3) is 3.57. The molecule has 0 N–H and O–H groups in total. The van der Waals surface area contributed by atoms with Crippen LogP contribution >= 0.6 is 0 Å². The molecule has 0 aromatic heterocycles. The molecule has 0 radical (unpaired) electrons. The molecular weight excluding hydrogens is 364 g/mol. The molecule has 8 atom stereocenters. The second-order valence-electron chi connectivity index (χ2n) is 12.3. The number of carbonyl (C=O) groups is 1. The molecule has 0 amide bonds. The van der Waals surface area contributed by atoms with Crippen LogP contribution in [-0.4, -0.2) is 5.78 Å². The van der Waals surface area contributed by atoms with E-state index in [4.69, 9.17) is 0 Å². The third-order valence-corrected chi connectivity index (χ3v) is 10.7. The number of ketones is 1. The van der Waals surface area contributed by atoms with Gasteiger partial charge in [-0.2, -0.15) is 0 Å². The second kappa shape index (κ2) is 8.25. The lowest BCUT2D eigenvalue weighted by molar-refractivity contribution is -0.117. The van der Waals surface area contributed by atoms with Crippen LogP contribution in [0.1, 0.15) is 99.3 Å². The number of hydrogen-bond donors (Lipinski definition) is 0. The highest BCUT2D eigenvalue weighted by Crippen LogP contribution is 2.67. The van der Waals surface area contributed by atoms with Crippen LogP contribution in [0.2, 0.25) is 0 Å². The Labute approximate surface area is 186 Å². The van der Waals surface area contributed by atoms with Gasteiger partial charge in [0.25, 0.3) is 0 Å². The van der Waals surface area contributed by atoms with E-state index < -0.39 is 0 Å². The smallest absolute Gasteiger partial charge is 0.155 e. The molecule has 0 aliphatic heterocycles. The molecule has 0 bridgehead atoms. The van der Waals surface area contributed by atoms with Crippen LogP contribution < -0.4 is 0 Å². The maximum absolute atomic E-state index is 12.1. The quantitative estimate of drug-likeness (QED) is 0.419. The van der Waals surface area contributed by atoms with Crippen LogP contribution in [0.4, 0.5) is 0 Å². The van der Waals surface area contributed by atoms with Crippen LogP contribution in [0.15, 0.2) is 23.8 Å². The van der Waals surface area contributed by atoms with Gasteiger partial charge in [-0.1, -0.05) is 59.3 Å². The van der Waals surface area contributed by atoms with Crippen molar-refractivity contribution in [1.82, 2.24) is 0 Å². The van der Waals surface area contributed by atoms with Crippen LogP contribution in [0.5, 0.6) is 0 Å². The highest BCUT2D eigenvalue weighted by molar-refractivity contribution is 5.91. The first kappa shape index (κ1) is 22.3. The molecular formula is C29H46O. The summed E-state index contributed by atoms with van der Waals surface area (Å²) in [5, 5.41) is 0. The Morgan fingerprint density at radius 1 is 1.00 bits per heavy atom. The Bertz CT molecular complexity index is 714. The van der Waals surface area contributed by atoms with E-state index >= 15 is 0 Å². The Hall–Kier alpha value is -0.850. The van der Waals surface area contributed by atoms with Gasteiger partial charge in [-0.3, -0.25) is 4.79 Å². The molecule has 168 valence electrons. The minimum atomic E-state index is 0.313. The predicted octanol–water partition coefficient (Wildman–Crippen LogP) is 8.01. The van der Waals surface area contributed by atoms with Gasteiger partial charge in [0.15, 0.2) is 5.78 Å². The SMILES string of the molecule is CC[C@H](/C=C/[C@@H](C)[C@H]1CC[C@H]2[C@@H]3CCC4=CC(=O)CC[C@]4(C)[C@@H]3CC[C@]12C)C(C)C. The zero-order valence-corrected chi connectivity index (χ0v) is 20.5. The molecule has 4 rings (SSSR count). The average Bonchev–Trinajstić information content (AvgIpc) is 3.06. The van der Waals surface area contributed by atoms with Crippen molar-refractivity contribution in [3.63, 3.8) is 0 Å². The predicted molar refractivity (Wildman–Crippen MR) is 127 cm³/mol. The topological polar surface area (TPSA) is 17.1 Å². The fourth-order valence-electron chi connectivity index (χ4n) is 8.75. The molecule has 3 saturated carbocycles. The molecule has 4 aliphatic carbocycles. The molecule has 3 fully saturated rings. The fraction of sp³-hybridized carbons (Fsp3) is 0.828. The maximum atomic E-state index is 12.1. The molecule has 1 heteroatoms. The van der Waals surface area contributed by atoms with E-state index in [0.717, 1.165) is 48.3 Å². The first-order chi connectivity index (χ1) is 14.2. The minimum absolute atomic E-state index is 0.313. The summed E-state index contributed by atoms with van der Waals surface area (Å²) in [7, 11) is 0. The molecule has 0 unspecified atom stereocenters. The van der Waals surface area contributed by atoms with Crippen molar-refractivity contribution in [3.05, 3.63) is 23.8 Å². The van der Waals surface area contributed by atoms with Gasteiger partial charge >= 0.3 is 0 Å². The summed E-state index contributed by atoms with van der Waals surface area (Å²) in [6.07, 6.45) is 18.5. The largest absolute Gasteiger partial charge is 0.295 e. The molecule has 0 aromatic carbocycles. The van der Waals surface area contributed by atoms with Crippen LogP contribution in [-0.2, 0) is 4.79 Å². The summed E-state index contributed by atoms with van der Waals surface area (Å²) in [6, 6.07) is 0. The molecule has 4 aliphatic rings. The fourth-order valence-corrected chi connectivity index (χ4v) is 8.75. The van der Waals surface area contributed by atoms with Crippen LogP contribution in [0.25, 0.3) is 0 Å². The van der Waals surface area contributed by atoms with Crippen molar-refractivity contribution in [1.29, 1.82) is 0 Å². The number of hydrogen-bond acceptors (Lipinski definition) is 1. The summed E-state index contributed by atoms with van der Waals surface area (Å²) in [5.41, 5.74) is 2.34. The van der Waals surface area contributed by atoms with Crippen molar-refractivity contribution in [3.8, 4) is 0 Å². The van der Waals surface area contributed by atoms with Gasteiger partial charge < -0.3 is 0 Å². The van der Waals surface area contributed by atoms with Crippen LogP contribution in [0, 0.1) is 52.3 Å². The Kier molecular flexibility index (Phi) is 6.15. The number of allylic oxidation sites excluding steroid dienone is 3. The van der Waals surface area contributed by atoms with Crippen molar-refractivity contribution in [2.75, 3.05) is 0 Å². The number of rotatable bonds is 5. The standard InChI is InChI=1S/C29H46O/c1-7-21(19(2)3)9-8-20(4)25-12-13-26-24-11-10-22-18-23(30)14-16-28(22,5)27(24)15-17-29(25,26)6/h8-9,18-21,24-27H,7,10-17H2,1-6H3/b9-8+/t20-,21-,24+,25-,26+,27-,28+,29-/m1/s1. The highest BCUT2D eigenvalue weighted by atomic mass is 16.1. The van der Waals surface area contributed by atoms with E-state index in [0.29, 0.717) is 22.5 Å². The van der Waals surface area contributed by atoms with E-state index in [2.05, 4.69) is 59.8 Å². The van der Waals surface area contributed by atoms with Gasteiger partial charge in [0.1, 0.15) is 0 Å². The zero-order chi connectivity index (χ0) is 21.7. The Morgan fingerprint density at radius 3 is 2.47 bits per heavy atom. The second-order valence-corrected chi connectivity index (χ2v) is 12.3. The van der Waals surface area contributed by atoms with E-state index in [1.165, 1.54) is 50.5 Å². The van der Waals surface area contributed by atoms with Gasteiger partial charge in [-0.25, -0.2) is 0 Å². The van der Waals surface area contributed by atoms with Gasteiger partial charge in [-0.15, -0.1) is 0 Å². The first-order valence-corrected chi connectivity index (χ1v) is 13.1. The van der Waals surface area contributed by atoms with E-state index in [1.54, 1.807) is 0 Å². The molecule has 0 aromatic rings. The lowest BCUT2D eigenvalue weighted by atomic mass is 9.46. The van der Waals surface area contributed by atoms with Crippen molar-refractivity contribution in [2.45, 2.75) is 99.3 Å². The van der Waals surface area contributed by atoms with Crippen molar-refractivity contribution >= 4 is 5.78 Å². The summed E-state index contributed by atoms with van der Waals surface area (Å²) >= 11 is 0. The van der Waals surface area contributed by atoms with Gasteiger partial charge in [0, 0.05) is 6.42 Å². The van der Waals surface area contributed by atoms with E-state index in [1.807, 2.05) is 0 Å². The van der Waals surface area contributed by atoms with E-state index in [9.17, 15) is 4.79 Å². The average molecular weight is 411 g/mol. The molecule has 1 nitrogen and oxygen atoms in total. The highest BCUT2D eigenvalue weighted by Gasteiger charge is 2.59. The van der Waals surface area contributed by atoms with Crippen molar-refractivity contribution < 1.29 is 4.79 Å². The van der Waals surface area contributed by atoms with Crippen LogP contribution in [0.3, 0.4) is 0 Å². The van der Waals surface area contributed by atoms with Gasteiger partial charge in [0.2, 0.25) is 0 Å². The van der Waals surface area contributed by atoms with Gasteiger partial charge in [-0.05, 0) is 110 Å². The monoisotopic (exact) mass is 410 g/mol. The zero-order valence-electron chi connectivity index (χ0n) is 20.5. The normalized spacial score (nSPS) is 43.2. The molecule has 0 spiro atoms. The number of fused-ring (bicyclic) bond motifs is 5. The number of carbonyl (C=O) groups excluding carboxylic acids is 1. The summed E-state index contributed by atoms with van der Waals surface area (Å²) in [5.74, 6) is 6.01. The summed E-state index contributed by atoms with van der Waals surface area (Å²) in [6.45, 7) is 14.7. The molecule has 0 heterocycles. The lowest BCUT2D eigenvalue weighted by Gasteiger charge is -2.58. The molecule has 0 saturated heterocycles. The summed E-state index contributed by atoms with van der Waals surface area (Å²) < 4.78 is 0. The molecule has 30 heavy (non-hydrogen) atoms. The Morgan fingerprint density at radius 2 is 1.77 bits per heavy atom. The third-order valence-electron chi connectivity index (χ3n) is 10.7. The van der Waals surface area contributed by atoms with Gasteiger partial charge in [0.05, 0.1) is 0 Å². The maximum Gasteiger partial charge on any atom is 0.155 e. The Balaban J connectivity index is 1.52. The lowest BCUT2D eigenvalue weighted by Crippen LogP contribution is -2.50. The van der Waals surface area contributed by atoms with Crippen molar-refractivity contribution in [2.24, 2.45) is 52.3 Å². The van der Waals surface area contributed by atoms with E-state index in [-0.39, 0.29) is 0 Å². The summed E-state index contributed by atoms with van der Waals surface area (Å²) in [4.78, 5) is 12.1. The minimum Gasteiger partial charge on any atom is -0.295 e. The first-order valence-electron chi connectivity index (χ1n) is 13.1.